The zero-order valence-corrected chi connectivity index (χ0v) is 13.1. The van der Waals surface area contributed by atoms with Gasteiger partial charge in [-0.15, -0.1) is 3.71 Å². The second kappa shape index (κ2) is 5.98. The summed E-state index contributed by atoms with van der Waals surface area (Å²) < 4.78 is 38.8. The Balaban J connectivity index is 2.60. The van der Waals surface area contributed by atoms with Gasteiger partial charge in [-0.3, -0.25) is 0 Å². The predicted octanol–water partition coefficient (Wildman–Crippen LogP) is 2.63. The number of rotatable bonds is 3. The van der Waals surface area contributed by atoms with Gasteiger partial charge < -0.3 is 0 Å². The molecule has 1 aliphatic rings. The maximum absolute atomic E-state index is 12.8. The topological polar surface area (TPSA) is 103 Å². The van der Waals surface area contributed by atoms with Crippen LogP contribution in [0.5, 0.6) is 0 Å². The summed E-state index contributed by atoms with van der Waals surface area (Å²) in [5, 5.41) is 2.99. The second-order valence-corrected chi connectivity index (χ2v) is 8.23. The van der Waals surface area contributed by atoms with Crippen LogP contribution in [0.1, 0.15) is 13.8 Å². The standard InChI is InChI=1S/C12H14N4O3S2/c1-9-7-8-10(2)20(17)16(9)21(18,19)12-6-4-3-5-11(12)14-15-13/h3-10H,1-2H3/t9-,10+,20?/m0/s1. The van der Waals surface area contributed by atoms with Gasteiger partial charge in [0, 0.05) is 4.91 Å². The van der Waals surface area contributed by atoms with Gasteiger partial charge in [-0.2, -0.15) is 0 Å². The Morgan fingerprint density at radius 2 is 1.95 bits per heavy atom. The molecular weight excluding hydrogens is 312 g/mol. The lowest BCUT2D eigenvalue weighted by molar-refractivity contribution is 0.499. The van der Waals surface area contributed by atoms with E-state index in [0.717, 1.165) is 3.71 Å². The summed E-state index contributed by atoms with van der Waals surface area (Å²) in [6, 6.07) is 5.31. The van der Waals surface area contributed by atoms with Gasteiger partial charge in [0.1, 0.15) is 11.0 Å². The van der Waals surface area contributed by atoms with Gasteiger partial charge in [0.25, 0.3) is 10.0 Å². The van der Waals surface area contributed by atoms with Crippen LogP contribution in [-0.4, -0.2) is 27.6 Å². The Hall–Kier alpha value is -1.67. The van der Waals surface area contributed by atoms with Crippen LogP contribution in [0, 0.1) is 0 Å². The van der Waals surface area contributed by atoms with Gasteiger partial charge >= 0.3 is 0 Å². The summed E-state index contributed by atoms with van der Waals surface area (Å²) in [5.74, 6) is 0. The molecule has 1 aromatic carbocycles. The van der Waals surface area contributed by atoms with Crippen LogP contribution in [0.4, 0.5) is 5.69 Å². The molecule has 112 valence electrons. The summed E-state index contributed by atoms with van der Waals surface area (Å²) >= 11 is 0. The molecule has 0 amide bonds. The van der Waals surface area contributed by atoms with E-state index < -0.39 is 32.3 Å². The van der Waals surface area contributed by atoms with Crippen LogP contribution in [0.2, 0.25) is 0 Å². The number of nitrogens with zero attached hydrogens (tertiary/aromatic N) is 4. The van der Waals surface area contributed by atoms with Crippen molar-refractivity contribution in [3.8, 4) is 0 Å². The number of azide groups is 1. The molecular formula is C12H14N4O3S2. The van der Waals surface area contributed by atoms with Crippen molar-refractivity contribution in [3.63, 3.8) is 0 Å². The third-order valence-corrected chi connectivity index (χ3v) is 7.24. The van der Waals surface area contributed by atoms with Crippen molar-refractivity contribution in [2.24, 2.45) is 5.11 Å². The van der Waals surface area contributed by atoms with E-state index in [1.54, 1.807) is 32.1 Å². The second-order valence-electron chi connectivity index (χ2n) is 4.52. The fraction of sp³-hybridized carbons (Fsp3) is 0.333. The average Bonchev–Trinajstić information content (AvgIpc) is 2.44. The molecule has 0 N–H and O–H groups in total. The summed E-state index contributed by atoms with van der Waals surface area (Å²) in [7, 11) is -5.74. The molecule has 0 spiro atoms. The fourth-order valence-corrected chi connectivity index (χ4v) is 5.70. The SMILES string of the molecule is C[C@@H]1C=C[C@H](C)N(S(=O)(=O)c2ccccc2N=[N+]=[N-])S1=O. The minimum absolute atomic E-state index is 0.00796. The normalized spacial score (nSPS) is 26.3. The number of hydrogen-bond donors (Lipinski definition) is 0. The van der Waals surface area contributed by atoms with E-state index in [0.29, 0.717) is 0 Å². The lowest BCUT2D eigenvalue weighted by Crippen LogP contribution is -2.44. The number of hydrogen-bond acceptors (Lipinski definition) is 4. The minimum Gasteiger partial charge on any atom is -0.241 e. The third kappa shape index (κ3) is 2.86. The predicted molar refractivity (Wildman–Crippen MR) is 80.5 cm³/mol. The lowest BCUT2D eigenvalue weighted by Gasteiger charge is -2.30. The molecule has 0 fully saturated rings. The Morgan fingerprint density at radius 3 is 2.62 bits per heavy atom. The molecule has 1 aromatic rings. The Labute approximate surface area is 125 Å². The maximum Gasteiger partial charge on any atom is 0.255 e. The first-order valence-electron chi connectivity index (χ1n) is 6.17. The molecule has 0 aliphatic carbocycles. The first kappa shape index (κ1) is 15.7. The molecule has 0 saturated heterocycles. The van der Waals surface area contributed by atoms with Gasteiger partial charge in [0.2, 0.25) is 0 Å². The van der Waals surface area contributed by atoms with Gasteiger partial charge in [0.15, 0.2) is 0 Å². The van der Waals surface area contributed by atoms with Crippen molar-refractivity contribution in [2.45, 2.75) is 30.0 Å². The first-order chi connectivity index (χ1) is 9.89. The van der Waals surface area contributed by atoms with Crippen molar-refractivity contribution in [3.05, 3.63) is 46.9 Å². The zero-order chi connectivity index (χ0) is 15.6. The van der Waals surface area contributed by atoms with E-state index in [-0.39, 0.29) is 10.6 Å². The first-order valence-corrected chi connectivity index (χ1v) is 8.78. The van der Waals surface area contributed by atoms with Gasteiger partial charge in [-0.1, -0.05) is 35.5 Å². The van der Waals surface area contributed by atoms with Crippen LogP contribution in [0.25, 0.3) is 10.4 Å². The smallest absolute Gasteiger partial charge is 0.241 e. The number of benzene rings is 1. The highest BCUT2D eigenvalue weighted by Crippen LogP contribution is 2.31. The fourth-order valence-electron chi connectivity index (χ4n) is 2.00. The van der Waals surface area contributed by atoms with Crippen molar-refractivity contribution in [1.82, 2.24) is 3.71 Å². The molecule has 21 heavy (non-hydrogen) atoms. The van der Waals surface area contributed by atoms with Crippen molar-refractivity contribution in [1.29, 1.82) is 0 Å². The molecule has 0 radical (unpaired) electrons. The summed E-state index contributed by atoms with van der Waals surface area (Å²) in [5.41, 5.74) is 8.54. The van der Waals surface area contributed by atoms with Gasteiger partial charge in [-0.05, 0) is 25.4 Å². The van der Waals surface area contributed by atoms with Crippen molar-refractivity contribution >= 4 is 26.7 Å². The van der Waals surface area contributed by atoms with Crippen LogP contribution in [0.15, 0.2) is 46.4 Å². The van der Waals surface area contributed by atoms with Gasteiger partial charge in [-0.25, -0.2) is 12.6 Å². The summed E-state index contributed by atoms with van der Waals surface area (Å²) in [6.07, 6.45) is 3.42. The van der Waals surface area contributed by atoms with Crippen LogP contribution in [-0.2, 0) is 21.0 Å². The van der Waals surface area contributed by atoms with E-state index in [2.05, 4.69) is 10.0 Å². The molecule has 9 heteroatoms. The largest absolute Gasteiger partial charge is 0.255 e. The van der Waals surface area contributed by atoms with Crippen LogP contribution in [0.3, 0.4) is 0 Å². The monoisotopic (exact) mass is 326 g/mol. The quantitative estimate of drug-likeness (QED) is 0.369. The average molecular weight is 326 g/mol. The Kier molecular flexibility index (Phi) is 4.48. The molecule has 2 rings (SSSR count). The zero-order valence-electron chi connectivity index (χ0n) is 11.4. The lowest BCUT2D eigenvalue weighted by atomic mass is 10.3. The Bertz CT molecular complexity index is 754. The third-order valence-electron chi connectivity index (χ3n) is 3.02. The van der Waals surface area contributed by atoms with Gasteiger partial charge in [0.05, 0.1) is 21.9 Å². The van der Waals surface area contributed by atoms with E-state index in [1.807, 2.05) is 0 Å². The van der Waals surface area contributed by atoms with E-state index in [1.165, 1.54) is 18.2 Å². The van der Waals surface area contributed by atoms with Crippen LogP contribution < -0.4 is 0 Å². The molecule has 1 heterocycles. The number of sulfonamides is 1. The highest BCUT2D eigenvalue weighted by atomic mass is 32.3. The molecule has 1 unspecified atom stereocenters. The highest BCUT2D eigenvalue weighted by molar-refractivity contribution is 8.01. The van der Waals surface area contributed by atoms with Crippen molar-refractivity contribution in [2.75, 3.05) is 0 Å². The molecule has 0 aromatic heterocycles. The highest BCUT2D eigenvalue weighted by Gasteiger charge is 2.38. The Morgan fingerprint density at radius 1 is 1.29 bits per heavy atom. The molecule has 0 saturated carbocycles. The maximum atomic E-state index is 12.8. The summed E-state index contributed by atoms with van der Waals surface area (Å²) in [4.78, 5) is 2.48. The van der Waals surface area contributed by atoms with E-state index >= 15 is 0 Å². The van der Waals surface area contributed by atoms with E-state index in [4.69, 9.17) is 5.53 Å². The molecule has 3 atom stereocenters. The molecule has 1 aliphatic heterocycles. The van der Waals surface area contributed by atoms with Crippen LogP contribution >= 0.6 is 0 Å². The van der Waals surface area contributed by atoms with E-state index in [9.17, 15) is 12.6 Å². The summed E-state index contributed by atoms with van der Waals surface area (Å²) in [6.45, 7) is 3.33. The van der Waals surface area contributed by atoms with Crippen molar-refractivity contribution < 1.29 is 12.6 Å². The minimum atomic E-state index is -4.03. The molecule has 0 bridgehead atoms. The molecule has 7 nitrogen and oxygen atoms in total.